The van der Waals surface area contributed by atoms with Crippen molar-refractivity contribution in [2.75, 3.05) is 7.11 Å². The first-order chi connectivity index (χ1) is 15.1. The molecule has 0 fully saturated rings. The number of carbonyl (C=O) groups is 1. The summed E-state index contributed by atoms with van der Waals surface area (Å²) in [6.45, 7) is 4.27. The average Bonchev–Trinajstić information content (AvgIpc) is 3.13. The van der Waals surface area contributed by atoms with Crippen molar-refractivity contribution >= 4 is 33.4 Å². The van der Waals surface area contributed by atoms with Gasteiger partial charge in [0, 0.05) is 34.1 Å². The van der Waals surface area contributed by atoms with Gasteiger partial charge in [0.1, 0.15) is 5.75 Å². The van der Waals surface area contributed by atoms with Gasteiger partial charge >= 0.3 is 0 Å². The second kappa shape index (κ2) is 11.7. The molecule has 1 aromatic carbocycles. The number of nitrogens with zero attached hydrogens (tertiary/aromatic N) is 1. The number of aryl methyl sites for hydroxylation is 2. The number of thiophene rings is 1. The standard InChI is InChI=1S/C26H32N2O2S/c1-4-5-11-22-23-13-12-21(30-3)17-25(23)31-24(22)14-15-26(29)28-19(2)8-6-9-20-10-7-16-27-18-20/h7,10,12-19H,4-6,8-9,11H2,1-3H3,(H,28,29)/t19-/m1/s1. The maximum atomic E-state index is 12.5. The molecule has 0 aliphatic carbocycles. The molecule has 0 aliphatic heterocycles. The van der Waals surface area contributed by atoms with Crippen LogP contribution in [0.1, 0.15) is 55.5 Å². The lowest BCUT2D eigenvalue weighted by atomic mass is 10.0. The van der Waals surface area contributed by atoms with Gasteiger partial charge in [-0.25, -0.2) is 0 Å². The highest BCUT2D eigenvalue weighted by Crippen LogP contribution is 2.35. The number of carbonyl (C=O) groups excluding carboxylic acids is 1. The van der Waals surface area contributed by atoms with E-state index < -0.39 is 0 Å². The van der Waals surface area contributed by atoms with Crippen molar-refractivity contribution in [2.24, 2.45) is 0 Å². The largest absolute Gasteiger partial charge is 0.497 e. The Bertz CT molecular complexity index is 1010. The number of fused-ring (bicyclic) bond motifs is 1. The molecular weight excluding hydrogens is 404 g/mol. The van der Waals surface area contributed by atoms with Crippen molar-refractivity contribution < 1.29 is 9.53 Å². The lowest BCUT2D eigenvalue weighted by molar-refractivity contribution is -0.117. The number of amides is 1. The third-order valence-corrected chi connectivity index (χ3v) is 6.57. The summed E-state index contributed by atoms with van der Waals surface area (Å²) in [5, 5.41) is 4.36. The van der Waals surface area contributed by atoms with Crippen LogP contribution in [0.4, 0.5) is 0 Å². The Hall–Kier alpha value is -2.66. The second-order valence-corrected chi connectivity index (χ2v) is 8.99. The first-order valence-corrected chi connectivity index (χ1v) is 11.9. The van der Waals surface area contributed by atoms with Crippen molar-refractivity contribution in [3.8, 4) is 5.75 Å². The topological polar surface area (TPSA) is 51.2 Å². The Morgan fingerprint density at radius 1 is 1.26 bits per heavy atom. The molecule has 0 aliphatic rings. The molecule has 1 N–H and O–H groups in total. The summed E-state index contributed by atoms with van der Waals surface area (Å²) in [6, 6.07) is 10.4. The van der Waals surface area contributed by atoms with Gasteiger partial charge in [-0.05, 0) is 85.9 Å². The zero-order chi connectivity index (χ0) is 22.1. The van der Waals surface area contributed by atoms with Crippen LogP contribution >= 0.6 is 11.3 Å². The van der Waals surface area contributed by atoms with Crippen LogP contribution in [0, 0.1) is 0 Å². The monoisotopic (exact) mass is 436 g/mol. The molecule has 1 atom stereocenters. The lowest BCUT2D eigenvalue weighted by Crippen LogP contribution is -2.31. The van der Waals surface area contributed by atoms with E-state index in [2.05, 4.69) is 42.3 Å². The summed E-state index contributed by atoms with van der Waals surface area (Å²) in [6.07, 6.45) is 13.6. The van der Waals surface area contributed by atoms with Crippen LogP contribution < -0.4 is 10.1 Å². The van der Waals surface area contributed by atoms with Gasteiger partial charge in [0.2, 0.25) is 5.91 Å². The zero-order valence-electron chi connectivity index (χ0n) is 18.7. The maximum absolute atomic E-state index is 12.5. The minimum atomic E-state index is -0.0367. The summed E-state index contributed by atoms with van der Waals surface area (Å²) in [5.74, 6) is 0.828. The number of benzene rings is 1. The van der Waals surface area contributed by atoms with Gasteiger partial charge in [-0.15, -0.1) is 11.3 Å². The van der Waals surface area contributed by atoms with Crippen LogP contribution in [0.5, 0.6) is 5.75 Å². The number of unbranched alkanes of at least 4 members (excludes halogenated alkanes) is 1. The summed E-state index contributed by atoms with van der Waals surface area (Å²) in [4.78, 5) is 17.8. The van der Waals surface area contributed by atoms with Gasteiger partial charge in [-0.3, -0.25) is 9.78 Å². The third-order valence-electron chi connectivity index (χ3n) is 5.41. The van der Waals surface area contributed by atoms with Gasteiger partial charge in [0.15, 0.2) is 0 Å². The van der Waals surface area contributed by atoms with Gasteiger partial charge in [-0.2, -0.15) is 0 Å². The number of hydrogen-bond donors (Lipinski definition) is 1. The number of ether oxygens (including phenoxy) is 1. The molecule has 31 heavy (non-hydrogen) atoms. The zero-order valence-corrected chi connectivity index (χ0v) is 19.5. The second-order valence-electron chi connectivity index (χ2n) is 7.91. The highest BCUT2D eigenvalue weighted by Gasteiger charge is 2.12. The molecule has 4 nitrogen and oxygen atoms in total. The molecule has 0 radical (unpaired) electrons. The Balaban J connectivity index is 1.60. The quantitative estimate of drug-likeness (QED) is 0.365. The van der Waals surface area contributed by atoms with E-state index in [4.69, 9.17) is 4.74 Å². The molecule has 0 saturated heterocycles. The molecule has 5 heteroatoms. The molecule has 3 aromatic rings. The van der Waals surface area contributed by atoms with Crippen LogP contribution in [0.25, 0.3) is 16.2 Å². The number of pyridine rings is 1. The fourth-order valence-electron chi connectivity index (χ4n) is 3.70. The van der Waals surface area contributed by atoms with Crippen molar-refractivity contribution in [3.63, 3.8) is 0 Å². The van der Waals surface area contributed by atoms with Gasteiger partial charge < -0.3 is 10.1 Å². The van der Waals surface area contributed by atoms with Crippen LogP contribution in [-0.4, -0.2) is 24.0 Å². The smallest absolute Gasteiger partial charge is 0.244 e. The van der Waals surface area contributed by atoms with E-state index in [1.807, 2.05) is 24.4 Å². The molecule has 3 rings (SSSR count). The van der Waals surface area contributed by atoms with E-state index in [1.165, 1.54) is 21.2 Å². The van der Waals surface area contributed by atoms with Gasteiger partial charge in [0.05, 0.1) is 7.11 Å². The average molecular weight is 437 g/mol. The molecule has 0 unspecified atom stereocenters. The first kappa shape index (κ1) is 23.0. The van der Waals surface area contributed by atoms with Crippen molar-refractivity contribution in [2.45, 2.75) is 58.4 Å². The highest BCUT2D eigenvalue weighted by molar-refractivity contribution is 7.20. The summed E-state index contributed by atoms with van der Waals surface area (Å²) in [5.41, 5.74) is 2.57. The minimum absolute atomic E-state index is 0.0367. The highest BCUT2D eigenvalue weighted by atomic mass is 32.1. The Morgan fingerprint density at radius 3 is 2.87 bits per heavy atom. The maximum Gasteiger partial charge on any atom is 0.244 e. The molecular formula is C26H32N2O2S. The van der Waals surface area contributed by atoms with Gasteiger partial charge in [0.25, 0.3) is 0 Å². The molecule has 164 valence electrons. The minimum Gasteiger partial charge on any atom is -0.497 e. The van der Waals surface area contributed by atoms with Crippen molar-refractivity contribution in [1.82, 2.24) is 10.3 Å². The number of methoxy groups -OCH3 is 1. The summed E-state index contributed by atoms with van der Waals surface area (Å²) < 4.78 is 6.58. The molecule has 0 bridgehead atoms. The van der Waals surface area contributed by atoms with Gasteiger partial charge in [-0.1, -0.05) is 19.4 Å². The lowest BCUT2D eigenvalue weighted by Gasteiger charge is -2.12. The van der Waals surface area contributed by atoms with E-state index in [0.717, 1.165) is 49.2 Å². The van der Waals surface area contributed by atoms with Crippen LogP contribution in [-0.2, 0) is 17.6 Å². The van der Waals surface area contributed by atoms with E-state index in [9.17, 15) is 4.79 Å². The van der Waals surface area contributed by atoms with Crippen molar-refractivity contribution in [1.29, 1.82) is 0 Å². The van der Waals surface area contributed by atoms with E-state index in [0.29, 0.717) is 0 Å². The Morgan fingerprint density at radius 2 is 2.13 bits per heavy atom. The normalized spacial score (nSPS) is 12.4. The molecule has 2 aromatic heterocycles. The number of hydrogen-bond acceptors (Lipinski definition) is 4. The molecule has 1 amide bonds. The number of nitrogens with one attached hydrogen (secondary N) is 1. The Labute approximate surface area is 189 Å². The number of aromatic nitrogens is 1. The SMILES string of the molecule is CCCCc1c(C=CC(=O)N[C@H](C)CCCc2cccnc2)sc2cc(OC)ccc12. The Kier molecular flexibility index (Phi) is 8.65. The fourth-order valence-corrected chi connectivity index (χ4v) is 4.88. The molecule has 0 saturated carbocycles. The predicted molar refractivity (Wildman–Crippen MR) is 131 cm³/mol. The van der Waals surface area contributed by atoms with Crippen LogP contribution in [0.3, 0.4) is 0 Å². The van der Waals surface area contributed by atoms with E-state index in [-0.39, 0.29) is 11.9 Å². The van der Waals surface area contributed by atoms with E-state index >= 15 is 0 Å². The fraction of sp³-hybridized carbons (Fsp3) is 0.385. The third kappa shape index (κ3) is 6.66. The summed E-state index contributed by atoms with van der Waals surface area (Å²) >= 11 is 1.72. The first-order valence-electron chi connectivity index (χ1n) is 11.1. The van der Waals surface area contributed by atoms with Crippen LogP contribution in [0.2, 0.25) is 0 Å². The molecule has 0 spiro atoms. The predicted octanol–water partition coefficient (Wildman–Crippen LogP) is 6.19. The number of rotatable bonds is 11. The van der Waals surface area contributed by atoms with Crippen molar-refractivity contribution in [3.05, 3.63) is 64.8 Å². The molecule has 2 heterocycles. The van der Waals surface area contributed by atoms with Crippen LogP contribution in [0.15, 0.2) is 48.8 Å². The summed E-state index contributed by atoms with van der Waals surface area (Å²) in [7, 11) is 1.69. The van der Waals surface area contributed by atoms with E-state index in [1.54, 1.807) is 30.7 Å².